The minimum absolute atomic E-state index is 0.474. The number of aromatic nitrogens is 3. The van der Waals surface area contributed by atoms with Gasteiger partial charge in [-0.15, -0.1) is 10.2 Å². The second-order valence-electron chi connectivity index (χ2n) is 1.99. The molecule has 0 amide bonds. The summed E-state index contributed by atoms with van der Waals surface area (Å²) in [6.45, 7) is 3.03. The van der Waals surface area contributed by atoms with Crippen LogP contribution in [0.2, 0.25) is 5.28 Å². The Kier molecular flexibility index (Phi) is 3.72. The molecule has 0 bridgehead atoms. The normalized spacial score (nSPS) is 10.4. The molecule has 0 atom stereocenters. The van der Waals surface area contributed by atoms with E-state index in [1.807, 2.05) is 16.3 Å². The van der Waals surface area contributed by atoms with E-state index < -0.39 is 0 Å². The summed E-state index contributed by atoms with van der Waals surface area (Å²) >= 11 is 7.58. The summed E-state index contributed by atoms with van der Waals surface area (Å²) < 4.78 is 1.84. The van der Waals surface area contributed by atoms with Crippen LogP contribution in [0.25, 0.3) is 0 Å². The maximum absolute atomic E-state index is 5.70. The topological polar surface area (TPSA) is 30.7 Å². The van der Waals surface area contributed by atoms with Gasteiger partial charge >= 0.3 is 0 Å². The third kappa shape index (κ3) is 2.71. The van der Waals surface area contributed by atoms with E-state index in [-0.39, 0.29) is 0 Å². The van der Waals surface area contributed by atoms with Crippen molar-refractivity contribution in [1.29, 1.82) is 0 Å². The molecule has 3 nitrogen and oxygen atoms in total. The minimum atomic E-state index is 0.474. The summed E-state index contributed by atoms with van der Waals surface area (Å²) in [5.41, 5.74) is 0. The van der Waals surface area contributed by atoms with Crippen molar-refractivity contribution in [2.75, 3.05) is 11.5 Å². The van der Waals surface area contributed by atoms with Gasteiger partial charge in [-0.1, -0.05) is 6.92 Å². The third-order valence-electron chi connectivity index (χ3n) is 1.25. The van der Waals surface area contributed by atoms with E-state index in [4.69, 9.17) is 11.6 Å². The monoisotopic (exact) mass is 191 g/mol. The maximum atomic E-state index is 5.70. The summed E-state index contributed by atoms with van der Waals surface area (Å²) in [6.07, 6.45) is 1.65. The van der Waals surface area contributed by atoms with Gasteiger partial charge < -0.3 is 4.57 Å². The van der Waals surface area contributed by atoms with Gasteiger partial charge in [-0.05, 0) is 17.4 Å². The molecule has 0 fully saturated rings. The van der Waals surface area contributed by atoms with Crippen molar-refractivity contribution in [2.45, 2.75) is 13.5 Å². The third-order valence-corrected chi connectivity index (χ3v) is 2.42. The predicted molar refractivity (Wildman–Crippen MR) is 48.0 cm³/mol. The number of aryl methyl sites for hydroxylation is 1. The summed E-state index contributed by atoms with van der Waals surface area (Å²) in [7, 11) is 0. The fraction of sp³-hybridized carbons (Fsp3) is 0.667. The average molecular weight is 192 g/mol. The molecule has 0 saturated carbocycles. The van der Waals surface area contributed by atoms with Crippen LogP contribution in [0.3, 0.4) is 0 Å². The van der Waals surface area contributed by atoms with Gasteiger partial charge in [0.25, 0.3) is 0 Å². The fourth-order valence-electron chi connectivity index (χ4n) is 0.698. The molecule has 0 aliphatic rings. The van der Waals surface area contributed by atoms with E-state index in [0.29, 0.717) is 5.28 Å². The smallest absolute Gasteiger partial charge is 0.224 e. The highest BCUT2D eigenvalue weighted by molar-refractivity contribution is 7.99. The van der Waals surface area contributed by atoms with Gasteiger partial charge in [0.1, 0.15) is 6.33 Å². The van der Waals surface area contributed by atoms with Crippen molar-refractivity contribution in [3.05, 3.63) is 11.6 Å². The summed E-state index contributed by atoms with van der Waals surface area (Å²) in [4.78, 5) is 0. The number of rotatable bonds is 4. The average Bonchev–Trinajstić information content (AvgIpc) is 2.37. The van der Waals surface area contributed by atoms with E-state index in [0.717, 1.165) is 18.1 Å². The Morgan fingerprint density at radius 2 is 2.55 bits per heavy atom. The molecule has 1 rings (SSSR count). The molecule has 0 aliphatic carbocycles. The highest BCUT2D eigenvalue weighted by atomic mass is 35.5. The molecule has 5 heteroatoms. The molecule has 1 aromatic rings. The Bertz CT molecular complexity index is 213. The Labute approximate surface area is 75.1 Å². The lowest BCUT2D eigenvalue weighted by Gasteiger charge is -1.99. The SMILES string of the molecule is CCSCCn1cnnc1Cl. The maximum Gasteiger partial charge on any atom is 0.224 e. The standard InChI is InChI=1S/C6H10ClN3S/c1-2-11-4-3-10-5-8-9-6(10)7/h5H,2-4H2,1H3. The first-order valence-corrected chi connectivity index (χ1v) is 4.99. The Morgan fingerprint density at radius 3 is 3.09 bits per heavy atom. The Morgan fingerprint density at radius 1 is 1.73 bits per heavy atom. The zero-order valence-corrected chi connectivity index (χ0v) is 7.90. The molecule has 0 aromatic carbocycles. The van der Waals surface area contributed by atoms with Crippen LogP contribution < -0.4 is 0 Å². The number of halogens is 1. The molecule has 0 unspecified atom stereocenters. The van der Waals surface area contributed by atoms with Crippen LogP contribution in [0.4, 0.5) is 0 Å². The van der Waals surface area contributed by atoms with Crippen LogP contribution in [-0.4, -0.2) is 26.3 Å². The molecular formula is C6H10ClN3S. The first kappa shape index (κ1) is 8.87. The van der Waals surface area contributed by atoms with Crippen LogP contribution in [0.15, 0.2) is 6.33 Å². The summed E-state index contributed by atoms with van der Waals surface area (Å²) in [6, 6.07) is 0. The van der Waals surface area contributed by atoms with Gasteiger partial charge in [0, 0.05) is 12.3 Å². The lowest BCUT2D eigenvalue weighted by Crippen LogP contribution is -1.98. The van der Waals surface area contributed by atoms with Crippen LogP contribution in [0.1, 0.15) is 6.92 Å². The van der Waals surface area contributed by atoms with E-state index in [1.165, 1.54) is 0 Å². The van der Waals surface area contributed by atoms with Crippen molar-refractivity contribution >= 4 is 23.4 Å². The number of thioether (sulfide) groups is 1. The van der Waals surface area contributed by atoms with Crippen LogP contribution in [0, 0.1) is 0 Å². The fourth-order valence-corrected chi connectivity index (χ4v) is 1.48. The molecule has 0 N–H and O–H groups in total. The molecule has 11 heavy (non-hydrogen) atoms. The molecule has 1 heterocycles. The van der Waals surface area contributed by atoms with Gasteiger partial charge in [0.05, 0.1) is 0 Å². The molecular weight excluding hydrogens is 182 g/mol. The highest BCUT2D eigenvalue weighted by Crippen LogP contribution is 2.05. The van der Waals surface area contributed by atoms with Crippen molar-refractivity contribution in [3.63, 3.8) is 0 Å². The zero-order chi connectivity index (χ0) is 8.10. The van der Waals surface area contributed by atoms with Crippen molar-refractivity contribution in [1.82, 2.24) is 14.8 Å². The molecule has 0 saturated heterocycles. The molecule has 0 spiro atoms. The van der Waals surface area contributed by atoms with Gasteiger partial charge in [0.2, 0.25) is 5.28 Å². The first-order valence-electron chi connectivity index (χ1n) is 3.45. The minimum Gasteiger partial charge on any atom is -0.304 e. The highest BCUT2D eigenvalue weighted by Gasteiger charge is 1.97. The molecule has 0 radical (unpaired) electrons. The van der Waals surface area contributed by atoms with E-state index in [9.17, 15) is 0 Å². The van der Waals surface area contributed by atoms with E-state index in [2.05, 4.69) is 17.1 Å². The summed E-state index contributed by atoms with van der Waals surface area (Å²) in [5, 5.41) is 7.81. The molecule has 62 valence electrons. The number of hydrogen-bond acceptors (Lipinski definition) is 3. The zero-order valence-electron chi connectivity index (χ0n) is 6.33. The van der Waals surface area contributed by atoms with Crippen LogP contribution in [-0.2, 0) is 6.54 Å². The first-order chi connectivity index (χ1) is 5.34. The van der Waals surface area contributed by atoms with Crippen LogP contribution >= 0.6 is 23.4 Å². The van der Waals surface area contributed by atoms with E-state index >= 15 is 0 Å². The largest absolute Gasteiger partial charge is 0.304 e. The molecule has 0 aliphatic heterocycles. The van der Waals surface area contributed by atoms with Gasteiger partial charge in [0.15, 0.2) is 0 Å². The van der Waals surface area contributed by atoms with Gasteiger partial charge in [-0.2, -0.15) is 11.8 Å². The lowest BCUT2D eigenvalue weighted by atomic mass is 10.7. The second kappa shape index (κ2) is 4.62. The quantitative estimate of drug-likeness (QED) is 0.679. The van der Waals surface area contributed by atoms with Gasteiger partial charge in [-0.3, -0.25) is 0 Å². The lowest BCUT2D eigenvalue weighted by molar-refractivity contribution is 0.768. The van der Waals surface area contributed by atoms with Crippen molar-refractivity contribution < 1.29 is 0 Å². The molecule has 1 aromatic heterocycles. The van der Waals surface area contributed by atoms with Crippen LogP contribution in [0.5, 0.6) is 0 Å². The Hall–Kier alpha value is -0.220. The second-order valence-corrected chi connectivity index (χ2v) is 3.72. The van der Waals surface area contributed by atoms with Crippen molar-refractivity contribution in [2.24, 2.45) is 0 Å². The predicted octanol–water partition coefficient (Wildman–Crippen LogP) is 1.68. The number of hydrogen-bond donors (Lipinski definition) is 0. The van der Waals surface area contributed by atoms with Gasteiger partial charge in [-0.25, -0.2) is 0 Å². The Balaban J connectivity index is 2.32. The van der Waals surface area contributed by atoms with E-state index in [1.54, 1.807) is 6.33 Å². The summed E-state index contributed by atoms with van der Waals surface area (Å²) in [5.74, 6) is 2.20. The van der Waals surface area contributed by atoms with Crippen molar-refractivity contribution in [3.8, 4) is 0 Å². The number of nitrogens with zero attached hydrogens (tertiary/aromatic N) is 3.